The van der Waals surface area contributed by atoms with Crippen LogP contribution in [0.2, 0.25) is 0 Å². The molecule has 1 heterocycles. The molecule has 0 saturated carbocycles. The smallest absolute Gasteiger partial charge is 0.142 e. The van der Waals surface area contributed by atoms with Crippen molar-refractivity contribution in [3.05, 3.63) is 42.5 Å². The summed E-state index contributed by atoms with van der Waals surface area (Å²) in [5, 5.41) is 3.42. The highest BCUT2D eigenvalue weighted by Crippen LogP contribution is 2.32. The van der Waals surface area contributed by atoms with E-state index >= 15 is 0 Å². The fraction of sp³-hybridized carbons (Fsp3) is 0.400. The summed E-state index contributed by atoms with van der Waals surface area (Å²) in [6.07, 6.45) is 5.29. The third kappa shape index (κ3) is 3.94. The van der Waals surface area contributed by atoms with Crippen LogP contribution >= 0.6 is 0 Å². The van der Waals surface area contributed by atoms with E-state index in [9.17, 15) is 0 Å². The molecule has 4 nitrogen and oxygen atoms in total. The Morgan fingerprint density at radius 3 is 2.17 bits per heavy atom. The van der Waals surface area contributed by atoms with Crippen LogP contribution < -0.4 is 19.7 Å². The van der Waals surface area contributed by atoms with E-state index in [1.54, 1.807) is 14.2 Å². The van der Waals surface area contributed by atoms with Gasteiger partial charge in [0.05, 0.1) is 19.9 Å². The zero-order valence-electron chi connectivity index (χ0n) is 14.5. The highest BCUT2D eigenvalue weighted by atomic mass is 16.5. The molecule has 24 heavy (non-hydrogen) atoms. The number of hydrogen-bond acceptors (Lipinski definition) is 4. The lowest BCUT2D eigenvalue weighted by Gasteiger charge is -2.23. The van der Waals surface area contributed by atoms with Crippen LogP contribution in [0.3, 0.4) is 0 Å². The van der Waals surface area contributed by atoms with E-state index in [1.807, 2.05) is 18.2 Å². The van der Waals surface area contributed by atoms with E-state index < -0.39 is 0 Å². The van der Waals surface area contributed by atoms with Crippen LogP contribution in [0.25, 0.3) is 0 Å². The Morgan fingerprint density at radius 2 is 1.54 bits per heavy atom. The average molecular weight is 326 g/mol. The Hall–Kier alpha value is -2.36. The highest BCUT2D eigenvalue weighted by Gasteiger charge is 2.10. The molecular weight excluding hydrogens is 300 g/mol. The molecule has 0 aliphatic carbocycles. The molecule has 1 fully saturated rings. The first-order valence-corrected chi connectivity index (χ1v) is 8.64. The van der Waals surface area contributed by atoms with Crippen molar-refractivity contribution in [1.82, 2.24) is 0 Å². The second kappa shape index (κ2) is 7.95. The standard InChI is InChI=1S/C20H26N2O2/c1-23-18-11-12-20(24-2)19(15-18)21-16-7-9-17(10-8-16)22-13-5-3-4-6-14-22/h7-12,15,21H,3-6,13-14H2,1-2H3. The Balaban J connectivity index is 1.74. The lowest BCUT2D eigenvalue weighted by molar-refractivity contribution is 0.405. The SMILES string of the molecule is COc1ccc(OC)c(Nc2ccc(N3CCCCCC3)cc2)c1. The Kier molecular flexibility index (Phi) is 5.47. The molecule has 3 rings (SSSR count). The lowest BCUT2D eigenvalue weighted by Crippen LogP contribution is -2.23. The number of methoxy groups -OCH3 is 2. The average Bonchev–Trinajstić information content (AvgIpc) is 2.92. The van der Waals surface area contributed by atoms with Crippen LogP contribution in [-0.2, 0) is 0 Å². The summed E-state index contributed by atoms with van der Waals surface area (Å²) in [6.45, 7) is 2.33. The van der Waals surface area contributed by atoms with Gasteiger partial charge in [-0.1, -0.05) is 12.8 Å². The van der Waals surface area contributed by atoms with Crippen molar-refractivity contribution in [2.75, 3.05) is 37.5 Å². The molecule has 128 valence electrons. The van der Waals surface area contributed by atoms with Gasteiger partial charge in [0.25, 0.3) is 0 Å². The first kappa shape index (κ1) is 16.5. The highest BCUT2D eigenvalue weighted by molar-refractivity contribution is 5.69. The van der Waals surface area contributed by atoms with Gasteiger partial charge < -0.3 is 19.7 Å². The van der Waals surface area contributed by atoms with Crippen molar-refractivity contribution < 1.29 is 9.47 Å². The van der Waals surface area contributed by atoms with E-state index in [2.05, 4.69) is 34.5 Å². The molecule has 0 atom stereocenters. The van der Waals surface area contributed by atoms with Gasteiger partial charge in [0, 0.05) is 30.5 Å². The molecule has 0 spiro atoms. The number of ether oxygens (including phenoxy) is 2. The van der Waals surface area contributed by atoms with Crippen LogP contribution in [-0.4, -0.2) is 27.3 Å². The van der Waals surface area contributed by atoms with E-state index in [1.165, 1.54) is 31.4 Å². The third-order valence-corrected chi connectivity index (χ3v) is 4.52. The molecule has 1 aliphatic rings. The number of nitrogens with zero attached hydrogens (tertiary/aromatic N) is 1. The van der Waals surface area contributed by atoms with Gasteiger partial charge >= 0.3 is 0 Å². The first-order chi connectivity index (χ1) is 11.8. The van der Waals surface area contributed by atoms with Crippen LogP contribution in [0.4, 0.5) is 17.1 Å². The second-order valence-electron chi connectivity index (χ2n) is 6.14. The summed E-state index contributed by atoms with van der Waals surface area (Å²) in [6, 6.07) is 14.4. The van der Waals surface area contributed by atoms with E-state index in [4.69, 9.17) is 9.47 Å². The van der Waals surface area contributed by atoms with E-state index in [0.29, 0.717) is 0 Å². The monoisotopic (exact) mass is 326 g/mol. The molecule has 1 saturated heterocycles. The van der Waals surface area contributed by atoms with E-state index in [0.717, 1.165) is 36.0 Å². The lowest BCUT2D eigenvalue weighted by atomic mass is 10.2. The molecule has 1 aliphatic heterocycles. The molecule has 2 aromatic rings. The summed E-state index contributed by atoms with van der Waals surface area (Å²) < 4.78 is 10.7. The number of nitrogens with one attached hydrogen (secondary N) is 1. The summed E-state index contributed by atoms with van der Waals surface area (Å²) in [5.74, 6) is 1.60. The molecule has 4 heteroatoms. The van der Waals surface area contributed by atoms with Crippen LogP contribution in [0, 0.1) is 0 Å². The fourth-order valence-electron chi connectivity index (χ4n) is 3.15. The maximum absolute atomic E-state index is 5.42. The first-order valence-electron chi connectivity index (χ1n) is 8.64. The van der Waals surface area contributed by atoms with Gasteiger partial charge in [0.1, 0.15) is 11.5 Å². The number of benzene rings is 2. The van der Waals surface area contributed by atoms with Crippen LogP contribution in [0.1, 0.15) is 25.7 Å². The quantitative estimate of drug-likeness (QED) is 0.853. The number of anilines is 3. The van der Waals surface area contributed by atoms with Crippen LogP contribution in [0.5, 0.6) is 11.5 Å². The minimum absolute atomic E-state index is 0.799. The fourth-order valence-corrected chi connectivity index (χ4v) is 3.15. The summed E-state index contributed by atoms with van der Waals surface area (Å²) in [7, 11) is 3.34. The van der Waals surface area contributed by atoms with Crippen molar-refractivity contribution in [3.63, 3.8) is 0 Å². The summed E-state index contributed by atoms with van der Waals surface area (Å²) in [5.41, 5.74) is 3.25. The van der Waals surface area contributed by atoms with Gasteiger partial charge in [-0.05, 0) is 49.2 Å². The molecule has 0 aromatic heterocycles. The largest absolute Gasteiger partial charge is 0.497 e. The Morgan fingerprint density at radius 1 is 0.833 bits per heavy atom. The molecule has 0 bridgehead atoms. The molecule has 2 aromatic carbocycles. The van der Waals surface area contributed by atoms with Gasteiger partial charge in [-0.25, -0.2) is 0 Å². The van der Waals surface area contributed by atoms with Gasteiger partial charge in [-0.15, -0.1) is 0 Å². The maximum atomic E-state index is 5.42. The number of rotatable bonds is 5. The molecule has 0 radical (unpaired) electrons. The number of hydrogen-bond donors (Lipinski definition) is 1. The summed E-state index contributed by atoms with van der Waals surface area (Å²) >= 11 is 0. The topological polar surface area (TPSA) is 33.7 Å². The second-order valence-corrected chi connectivity index (χ2v) is 6.14. The maximum Gasteiger partial charge on any atom is 0.142 e. The van der Waals surface area contributed by atoms with Gasteiger partial charge in [-0.3, -0.25) is 0 Å². The van der Waals surface area contributed by atoms with Crippen molar-refractivity contribution in [2.45, 2.75) is 25.7 Å². The Labute approximate surface area is 144 Å². The zero-order valence-corrected chi connectivity index (χ0v) is 14.5. The minimum Gasteiger partial charge on any atom is -0.497 e. The third-order valence-electron chi connectivity index (χ3n) is 4.52. The van der Waals surface area contributed by atoms with Gasteiger partial charge in [0.15, 0.2) is 0 Å². The zero-order chi connectivity index (χ0) is 16.8. The molecular formula is C20H26N2O2. The Bertz CT molecular complexity index is 647. The van der Waals surface area contributed by atoms with Gasteiger partial charge in [0.2, 0.25) is 0 Å². The summed E-state index contributed by atoms with van der Waals surface area (Å²) in [4.78, 5) is 2.49. The van der Waals surface area contributed by atoms with Crippen molar-refractivity contribution in [1.29, 1.82) is 0 Å². The van der Waals surface area contributed by atoms with Crippen LogP contribution in [0.15, 0.2) is 42.5 Å². The van der Waals surface area contributed by atoms with E-state index in [-0.39, 0.29) is 0 Å². The van der Waals surface area contributed by atoms with Gasteiger partial charge in [-0.2, -0.15) is 0 Å². The predicted octanol–water partition coefficient (Wildman–Crippen LogP) is 4.83. The van der Waals surface area contributed by atoms with Crippen molar-refractivity contribution in [3.8, 4) is 11.5 Å². The minimum atomic E-state index is 0.799. The normalized spacial score (nSPS) is 14.8. The molecule has 0 unspecified atom stereocenters. The van der Waals surface area contributed by atoms with Crippen molar-refractivity contribution >= 4 is 17.1 Å². The molecule has 1 N–H and O–H groups in total. The van der Waals surface area contributed by atoms with Crippen molar-refractivity contribution in [2.24, 2.45) is 0 Å². The molecule has 0 amide bonds. The predicted molar refractivity (Wildman–Crippen MR) is 100.0 cm³/mol.